The van der Waals surface area contributed by atoms with Crippen LogP contribution in [0.25, 0.3) is 5.69 Å². The Kier molecular flexibility index (Phi) is 5.93. The Hall–Kier alpha value is -3.13. The van der Waals surface area contributed by atoms with Gasteiger partial charge >= 0.3 is 6.09 Å². The van der Waals surface area contributed by atoms with Gasteiger partial charge in [-0.05, 0) is 62.6 Å². The third-order valence-electron chi connectivity index (χ3n) is 6.20. The lowest BCUT2D eigenvalue weighted by atomic mass is 9.95. The lowest BCUT2D eigenvalue weighted by Gasteiger charge is -2.33. The molecule has 0 atom stereocenters. The number of aromatic nitrogens is 4. The first-order valence-corrected chi connectivity index (χ1v) is 11.7. The minimum Gasteiger partial charge on any atom is -0.447 e. The molecule has 8 nitrogen and oxygen atoms in total. The zero-order valence-corrected chi connectivity index (χ0v) is 19.6. The van der Waals surface area contributed by atoms with E-state index in [-0.39, 0.29) is 18.1 Å². The highest BCUT2D eigenvalue weighted by Crippen LogP contribution is 2.34. The van der Waals surface area contributed by atoms with Crippen LogP contribution in [-0.4, -0.2) is 49.9 Å². The maximum atomic E-state index is 12.7. The summed E-state index contributed by atoms with van der Waals surface area (Å²) in [6.07, 6.45) is 5.08. The quantitative estimate of drug-likeness (QED) is 0.563. The molecule has 1 fully saturated rings. The minimum absolute atomic E-state index is 0.196. The summed E-state index contributed by atoms with van der Waals surface area (Å²) in [7, 11) is 0. The van der Waals surface area contributed by atoms with E-state index in [0.717, 1.165) is 54.5 Å². The summed E-state index contributed by atoms with van der Waals surface area (Å²) >= 11 is 6.32. The Bertz CT molecular complexity index is 1140. The number of hydrogen-bond acceptors (Lipinski definition) is 6. The molecule has 0 aliphatic carbocycles. The van der Waals surface area contributed by atoms with Crippen LogP contribution in [0.4, 0.5) is 10.5 Å². The fourth-order valence-corrected chi connectivity index (χ4v) is 4.83. The number of fused-ring (bicyclic) bond motifs is 3. The largest absolute Gasteiger partial charge is 0.447 e. The number of piperidine rings is 1. The number of amides is 1. The molecule has 0 spiro atoms. The average Bonchev–Trinajstić information content (AvgIpc) is 3.15. The van der Waals surface area contributed by atoms with Gasteiger partial charge in [-0.1, -0.05) is 11.6 Å². The summed E-state index contributed by atoms with van der Waals surface area (Å²) < 4.78 is 7.59. The molecule has 33 heavy (non-hydrogen) atoms. The third kappa shape index (κ3) is 4.39. The van der Waals surface area contributed by atoms with E-state index in [4.69, 9.17) is 16.3 Å². The Labute approximate surface area is 198 Å². The minimum atomic E-state index is -0.362. The van der Waals surface area contributed by atoms with Gasteiger partial charge in [0.15, 0.2) is 5.82 Å². The van der Waals surface area contributed by atoms with Crippen LogP contribution in [0.2, 0.25) is 5.02 Å². The summed E-state index contributed by atoms with van der Waals surface area (Å²) in [6.45, 7) is 6.29. The normalized spacial score (nSPS) is 16.4. The molecule has 2 aromatic heterocycles. The number of anilines is 1. The van der Waals surface area contributed by atoms with Crippen LogP contribution in [0.15, 0.2) is 42.7 Å². The zero-order chi connectivity index (χ0) is 22.9. The number of halogens is 1. The van der Waals surface area contributed by atoms with Crippen molar-refractivity contribution in [1.82, 2.24) is 24.6 Å². The first kappa shape index (κ1) is 21.7. The van der Waals surface area contributed by atoms with Gasteiger partial charge in [-0.15, -0.1) is 10.2 Å². The summed E-state index contributed by atoms with van der Waals surface area (Å²) in [4.78, 5) is 21.0. The second-order valence-electron chi connectivity index (χ2n) is 8.84. The molecule has 0 radical (unpaired) electrons. The van der Waals surface area contributed by atoms with Gasteiger partial charge in [0, 0.05) is 30.2 Å². The number of nitrogens with zero attached hydrogens (tertiary/aromatic N) is 6. The predicted molar refractivity (Wildman–Crippen MR) is 126 cm³/mol. The second kappa shape index (κ2) is 9.02. The topological polar surface area (TPSA) is 76.4 Å². The molecule has 1 amide bonds. The van der Waals surface area contributed by atoms with Crippen molar-refractivity contribution in [3.63, 3.8) is 0 Å². The molecule has 2 aliphatic rings. The molecule has 9 heteroatoms. The molecule has 1 saturated heterocycles. The van der Waals surface area contributed by atoms with Crippen LogP contribution in [0.3, 0.4) is 0 Å². The predicted octanol–water partition coefficient (Wildman–Crippen LogP) is 4.56. The van der Waals surface area contributed by atoms with Crippen molar-refractivity contribution in [2.75, 3.05) is 18.0 Å². The highest BCUT2D eigenvalue weighted by Gasteiger charge is 2.31. The summed E-state index contributed by atoms with van der Waals surface area (Å²) in [5.74, 6) is 1.96. The Balaban J connectivity index is 1.45. The second-order valence-corrected chi connectivity index (χ2v) is 9.28. The number of ether oxygens (including phenoxy) is 1. The summed E-state index contributed by atoms with van der Waals surface area (Å²) in [5, 5.41) is 9.75. The highest BCUT2D eigenvalue weighted by atomic mass is 35.5. The standard InChI is InChI=1S/C24H27ClN6O2/c1-16(2)33-24(32)30-14-18-12-19(25)5-6-21(18)31-22(15-30)27-28-23(31)17-7-10-29(11-8-17)20-4-3-9-26-13-20/h3-6,9,12-13,16-17H,7-8,10-11,14-15H2,1-2H3. The number of pyridine rings is 1. The van der Waals surface area contributed by atoms with Gasteiger partial charge in [-0.2, -0.15) is 0 Å². The average molecular weight is 467 g/mol. The van der Waals surface area contributed by atoms with Crippen molar-refractivity contribution in [1.29, 1.82) is 0 Å². The van der Waals surface area contributed by atoms with Crippen molar-refractivity contribution >= 4 is 23.4 Å². The number of carbonyl (C=O) groups is 1. The van der Waals surface area contributed by atoms with Crippen molar-refractivity contribution in [2.24, 2.45) is 0 Å². The Morgan fingerprint density at radius 3 is 2.70 bits per heavy atom. The first-order valence-electron chi connectivity index (χ1n) is 11.3. The molecule has 4 heterocycles. The van der Waals surface area contributed by atoms with Crippen LogP contribution in [0.5, 0.6) is 0 Å². The first-order chi connectivity index (χ1) is 16.0. The van der Waals surface area contributed by atoms with Crippen molar-refractivity contribution in [3.8, 4) is 5.69 Å². The maximum Gasteiger partial charge on any atom is 0.410 e. The molecular formula is C24H27ClN6O2. The van der Waals surface area contributed by atoms with Crippen LogP contribution < -0.4 is 4.90 Å². The molecule has 0 saturated carbocycles. The van der Waals surface area contributed by atoms with E-state index in [0.29, 0.717) is 18.1 Å². The molecule has 0 unspecified atom stereocenters. The molecule has 3 aromatic rings. The maximum absolute atomic E-state index is 12.7. The number of benzene rings is 1. The summed E-state index contributed by atoms with van der Waals surface area (Å²) in [6, 6.07) is 9.85. The molecule has 2 aliphatic heterocycles. The fraction of sp³-hybridized carbons (Fsp3) is 0.417. The number of carbonyl (C=O) groups excluding carboxylic acids is 1. The van der Waals surface area contributed by atoms with Crippen LogP contribution >= 0.6 is 11.6 Å². The van der Waals surface area contributed by atoms with Gasteiger partial charge in [-0.25, -0.2) is 4.79 Å². The van der Waals surface area contributed by atoms with E-state index < -0.39 is 0 Å². The van der Waals surface area contributed by atoms with Crippen LogP contribution in [0.1, 0.15) is 49.8 Å². The van der Waals surface area contributed by atoms with Gasteiger partial charge in [0.2, 0.25) is 0 Å². The lowest BCUT2D eigenvalue weighted by Crippen LogP contribution is -2.33. The monoisotopic (exact) mass is 466 g/mol. The SMILES string of the molecule is CC(C)OC(=O)N1Cc2cc(Cl)ccc2-n2c(nnc2C2CCN(c3cccnc3)CC2)C1. The molecule has 0 bridgehead atoms. The molecule has 5 rings (SSSR count). The lowest BCUT2D eigenvalue weighted by molar-refractivity contribution is 0.0718. The van der Waals surface area contributed by atoms with E-state index in [1.807, 2.05) is 44.3 Å². The molecule has 1 aromatic carbocycles. The Morgan fingerprint density at radius 1 is 1.15 bits per heavy atom. The Morgan fingerprint density at radius 2 is 1.97 bits per heavy atom. The van der Waals surface area contributed by atoms with Crippen molar-refractivity contribution < 1.29 is 9.53 Å². The van der Waals surface area contributed by atoms with Crippen molar-refractivity contribution in [2.45, 2.75) is 51.8 Å². The van der Waals surface area contributed by atoms with Crippen LogP contribution in [-0.2, 0) is 17.8 Å². The third-order valence-corrected chi connectivity index (χ3v) is 6.43. The number of hydrogen-bond donors (Lipinski definition) is 0. The van der Waals surface area contributed by atoms with E-state index in [1.165, 1.54) is 0 Å². The summed E-state index contributed by atoms with van der Waals surface area (Å²) in [5.41, 5.74) is 3.08. The molecule has 0 N–H and O–H groups in total. The van der Waals surface area contributed by atoms with Gasteiger partial charge in [0.05, 0.1) is 36.8 Å². The van der Waals surface area contributed by atoms with Gasteiger partial charge in [0.25, 0.3) is 0 Å². The zero-order valence-electron chi connectivity index (χ0n) is 18.8. The van der Waals surface area contributed by atoms with Gasteiger partial charge in [0.1, 0.15) is 5.82 Å². The number of rotatable bonds is 3. The molecule has 172 valence electrons. The van der Waals surface area contributed by atoms with E-state index in [9.17, 15) is 4.79 Å². The smallest absolute Gasteiger partial charge is 0.410 e. The van der Waals surface area contributed by atoms with E-state index in [2.05, 4.69) is 30.7 Å². The van der Waals surface area contributed by atoms with Gasteiger partial charge in [-0.3, -0.25) is 14.5 Å². The fourth-order valence-electron chi connectivity index (χ4n) is 4.63. The van der Waals surface area contributed by atoms with Gasteiger partial charge < -0.3 is 9.64 Å². The molecular weight excluding hydrogens is 440 g/mol. The van der Waals surface area contributed by atoms with Crippen LogP contribution in [0, 0.1) is 0 Å². The van der Waals surface area contributed by atoms with Crippen molar-refractivity contribution in [3.05, 3.63) is 65.0 Å². The highest BCUT2D eigenvalue weighted by molar-refractivity contribution is 6.30. The van der Waals surface area contributed by atoms with E-state index in [1.54, 1.807) is 11.1 Å². The van der Waals surface area contributed by atoms with E-state index >= 15 is 0 Å².